The summed E-state index contributed by atoms with van der Waals surface area (Å²) in [5.41, 5.74) is 9.34. The van der Waals surface area contributed by atoms with Gasteiger partial charge in [-0.3, -0.25) is 9.19 Å². The van der Waals surface area contributed by atoms with Crippen LogP contribution in [0.4, 0.5) is 5.69 Å². The van der Waals surface area contributed by atoms with Crippen LogP contribution in [0.3, 0.4) is 0 Å². The van der Waals surface area contributed by atoms with E-state index in [0.717, 1.165) is 33.2 Å². The number of aromatic nitrogens is 1. The second-order valence-corrected chi connectivity index (χ2v) is 6.04. The predicted molar refractivity (Wildman–Crippen MR) is 81.2 cm³/mol. The Kier molecular flexibility index (Phi) is 4.39. The van der Waals surface area contributed by atoms with Crippen LogP contribution in [-0.4, -0.2) is 16.3 Å². The third-order valence-electron chi connectivity index (χ3n) is 3.27. The minimum absolute atomic E-state index is 0.364. The Morgan fingerprint density at radius 3 is 2.50 bits per heavy atom. The number of nitrogen functional groups attached to an aromatic ring is 1. The first kappa shape index (κ1) is 14.5. The van der Waals surface area contributed by atoms with Crippen LogP contribution in [0.5, 0.6) is 5.75 Å². The molecule has 0 saturated heterocycles. The molecule has 1 heterocycles. The molecule has 1 aromatic heterocycles. The number of ether oxygens (including phenoxy) is 1. The van der Waals surface area contributed by atoms with Gasteiger partial charge in [0.2, 0.25) is 0 Å². The summed E-state index contributed by atoms with van der Waals surface area (Å²) in [6.45, 7) is 3.83. The van der Waals surface area contributed by atoms with Gasteiger partial charge >= 0.3 is 0 Å². The number of aryl methyl sites for hydroxylation is 1. The summed E-state index contributed by atoms with van der Waals surface area (Å²) in [4.78, 5) is 5.10. The fourth-order valence-electron chi connectivity index (χ4n) is 1.87. The summed E-state index contributed by atoms with van der Waals surface area (Å²) >= 11 is 0. The highest BCUT2D eigenvalue weighted by molar-refractivity contribution is 7.84. The standard InChI is InChI=1S/C15H18N2O2S/c1-10-8-17-14(11(2)15(10)16)9-20(18)13-6-4-12(19-3)5-7-13/h4-8H,9H2,1-3H3,(H2,16,17). The Labute approximate surface area is 121 Å². The van der Waals surface area contributed by atoms with Crippen molar-refractivity contribution in [2.45, 2.75) is 24.5 Å². The molecule has 0 aliphatic carbocycles. The molecule has 4 nitrogen and oxygen atoms in total. The molecule has 2 N–H and O–H groups in total. The average Bonchev–Trinajstić information content (AvgIpc) is 2.48. The maximum atomic E-state index is 12.4. The number of pyridine rings is 1. The van der Waals surface area contributed by atoms with E-state index < -0.39 is 10.8 Å². The molecule has 2 rings (SSSR count). The zero-order valence-electron chi connectivity index (χ0n) is 11.8. The second kappa shape index (κ2) is 6.05. The predicted octanol–water partition coefficient (Wildman–Crippen LogP) is 2.60. The van der Waals surface area contributed by atoms with Gasteiger partial charge in [-0.15, -0.1) is 0 Å². The highest BCUT2D eigenvalue weighted by Gasteiger charge is 2.11. The number of nitrogens with two attached hydrogens (primary N) is 1. The van der Waals surface area contributed by atoms with E-state index in [-0.39, 0.29) is 0 Å². The molecule has 0 saturated carbocycles. The monoisotopic (exact) mass is 290 g/mol. The zero-order chi connectivity index (χ0) is 14.7. The molecule has 1 unspecified atom stereocenters. The Morgan fingerprint density at radius 2 is 1.90 bits per heavy atom. The summed E-state index contributed by atoms with van der Waals surface area (Å²) in [5, 5.41) is 0. The molecule has 1 aromatic carbocycles. The zero-order valence-corrected chi connectivity index (χ0v) is 12.7. The van der Waals surface area contributed by atoms with Crippen LogP contribution in [0.2, 0.25) is 0 Å². The number of rotatable bonds is 4. The molecule has 106 valence electrons. The van der Waals surface area contributed by atoms with Crippen molar-refractivity contribution < 1.29 is 8.95 Å². The Hall–Kier alpha value is -1.88. The van der Waals surface area contributed by atoms with E-state index in [1.54, 1.807) is 25.4 Å². The first-order valence-corrected chi connectivity index (χ1v) is 7.57. The molecule has 0 amide bonds. The molecule has 20 heavy (non-hydrogen) atoms. The molecular formula is C15H18N2O2S. The van der Waals surface area contributed by atoms with Crippen LogP contribution < -0.4 is 10.5 Å². The van der Waals surface area contributed by atoms with Gasteiger partial charge in [0.25, 0.3) is 0 Å². The van der Waals surface area contributed by atoms with Gasteiger partial charge in [-0.2, -0.15) is 0 Å². The Morgan fingerprint density at radius 1 is 1.25 bits per heavy atom. The summed E-state index contributed by atoms with van der Waals surface area (Å²) in [6.07, 6.45) is 1.73. The number of hydrogen-bond donors (Lipinski definition) is 1. The topological polar surface area (TPSA) is 65.2 Å². The van der Waals surface area contributed by atoms with E-state index in [0.29, 0.717) is 5.75 Å². The largest absolute Gasteiger partial charge is 0.497 e. The number of benzene rings is 1. The van der Waals surface area contributed by atoms with Crippen molar-refractivity contribution >= 4 is 16.5 Å². The van der Waals surface area contributed by atoms with E-state index in [1.165, 1.54) is 0 Å². The lowest BCUT2D eigenvalue weighted by atomic mass is 10.1. The third kappa shape index (κ3) is 2.99. The van der Waals surface area contributed by atoms with Gasteiger partial charge in [0.05, 0.1) is 29.4 Å². The molecule has 0 aliphatic heterocycles. The maximum absolute atomic E-state index is 12.4. The Bertz CT molecular complexity index is 639. The van der Waals surface area contributed by atoms with E-state index in [9.17, 15) is 4.21 Å². The SMILES string of the molecule is COc1ccc(S(=O)Cc2ncc(C)c(N)c2C)cc1. The molecule has 1 atom stereocenters. The average molecular weight is 290 g/mol. The van der Waals surface area contributed by atoms with Crippen LogP contribution in [0, 0.1) is 13.8 Å². The summed E-state index contributed by atoms with van der Waals surface area (Å²) in [5.74, 6) is 1.11. The smallest absolute Gasteiger partial charge is 0.118 e. The van der Waals surface area contributed by atoms with Gasteiger partial charge in [0, 0.05) is 16.8 Å². The number of hydrogen-bond acceptors (Lipinski definition) is 4. The fraction of sp³-hybridized carbons (Fsp3) is 0.267. The highest BCUT2D eigenvalue weighted by Crippen LogP contribution is 2.21. The number of anilines is 1. The fourth-order valence-corrected chi connectivity index (χ4v) is 3.02. The van der Waals surface area contributed by atoms with Crippen molar-refractivity contribution in [3.8, 4) is 5.75 Å². The van der Waals surface area contributed by atoms with Crippen LogP contribution in [0.1, 0.15) is 16.8 Å². The molecule has 0 fully saturated rings. The lowest BCUT2D eigenvalue weighted by molar-refractivity contribution is 0.414. The molecule has 0 bridgehead atoms. The van der Waals surface area contributed by atoms with Crippen LogP contribution in [0.25, 0.3) is 0 Å². The van der Waals surface area contributed by atoms with Crippen molar-refractivity contribution in [1.29, 1.82) is 0 Å². The van der Waals surface area contributed by atoms with E-state index >= 15 is 0 Å². The summed E-state index contributed by atoms with van der Waals surface area (Å²) in [7, 11) is 0.462. The molecule has 0 spiro atoms. The number of methoxy groups -OCH3 is 1. The van der Waals surface area contributed by atoms with Crippen molar-refractivity contribution in [2.75, 3.05) is 12.8 Å². The van der Waals surface area contributed by atoms with Crippen LogP contribution in [0.15, 0.2) is 35.4 Å². The number of nitrogens with zero attached hydrogens (tertiary/aromatic N) is 1. The molecule has 2 aromatic rings. The first-order valence-electron chi connectivity index (χ1n) is 6.26. The van der Waals surface area contributed by atoms with Crippen molar-refractivity contribution in [3.63, 3.8) is 0 Å². The van der Waals surface area contributed by atoms with Gasteiger partial charge in [-0.25, -0.2) is 0 Å². The molecule has 5 heteroatoms. The van der Waals surface area contributed by atoms with Crippen molar-refractivity contribution in [3.05, 3.63) is 47.3 Å². The van der Waals surface area contributed by atoms with Gasteiger partial charge < -0.3 is 10.5 Å². The molecule has 0 radical (unpaired) electrons. The quantitative estimate of drug-likeness (QED) is 0.940. The van der Waals surface area contributed by atoms with Gasteiger partial charge in [0.1, 0.15) is 5.75 Å². The van der Waals surface area contributed by atoms with Crippen molar-refractivity contribution in [1.82, 2.24) is 4.98 Å². The molecule has 0 aliphatic rings. The highest BCUT2D eigenvalue weighted by atomic mass is 32.2. The van der Waals surface area contributed by atoms with Crippen molar-refractivity contribution in [2.24, 2.45) is 0 Å². The van der Waals surface area contributed by atoms with Crippen LogP contribution in [-0.2, 0) is 16.6 Å². The van der Waals surface area contributed by atoms with E-state index in [1.807, 2.05) is 26.0 Å². The Balaban J connectivity index is 2.21. The summed E-state index contributed by atoms with van der Waals surface area (Å²) < 4.78 is 17.4. The minimum atomic E-state index is -1.14. The molecular weight excluding hydrogens is 272 g/mol. The lowest BCUT2D eigenvalue weighted by Gasteiger charge is -2.10. The lowest BCUT2D eigenvalue weighted by Crippen LogP contribution is -2.05. The van der Waals surface area contributed by atoms with Gasteiger partial charge in [-0.1, -0.05) is 0 Å². The minimum Gasteiger partial charge on any atom is -0.497 e. The summed E-state index contributed by atoms with van der Waals surface area (Å²) in [6, 6.07) is 7.22. The second-order valence-electron chi connectivity index (χ2n) is 4.59. The van der Waals surface area contributed by atoms with Gasteiger partial charge in [-0.05, 0) is 49.2 Å². The van der Waals surface area contributed by atoms with Crippen LogP contribution >= 0.6 is 0 Å². The van der Waals surface area contributed by atoms with E-state index in [4.69, 9.17) is 10.5 Å². The third-order valence-corrected chi connectivity index (χ3v) is 4.60. The maximum Gasteiger partial charge on any atom is 0.118 e. The first-order chi connectivity index (χ1) is 9.52. The normalized spacial score (nSPS) is 12.2. The van der Waals surface area contributed by atoms with E-state index in [2.05, 4.69) is 4.98 Å². The van der Waals surface area contributed by atoms with Gasteiger partial charge in [0.15, 0.2) is 0 Å².